The third-order valence-corrected chi connectivity index (χ3v) is 3.60. The number of carboxylic acids is 1. The van der Waals surface area contributed by atoms with Gasteiger partial charge in [-0.05, 0) is 17.5 Å². The molecule has 2 amide bonds. The summed E-state index contributed by atoms with van der Waals surface area (Å²) in [6, 6.07) is 6.47. The Morgan fingerprint density at radius 2 is 2.10 bits per heavy atom. The van der Waals surface area contributed by atoms with Gasteiger partial charge in [0.1, 0.15) is 6.04 Å². The van der Waals surface area contributed by atoms with Crippen LogP contribution in [-0.2, 0) is 22.5 Å². The second-order valence-corrected chi connectivity index (χ2v) is 5.03. The highest BCUT2D eigenvalue weighted by molar-refractivity contribution is 5.83. The first-order chi connectivity index (χ1) is 10.1. The van der Waals surface area contributed by atoms with E-state index in [-0.39, 0.29) is 6.03 Å². The molecule has 1 atom stereocenters. The van der Waals surface area contributed by atoms with Crippen LogP contribution in [0.25, 0.3) is 0 Å². The molecule has 21 heavy (non-hydrogen) atoms. The normalized spacial score (nSPS) is 17.2. The van der Waals surface area contributed by atoms with Crippen molar-refractivity contribution in [2.45, 2.75) is 25.4 Å². The van der Waals surface area contributed by atoms with Crippen molar-refractivity contribution in [1.82, 2.24) is 10.2 Å². The van der Waals surface area contributed by atoms with Gasteiger partial charge in [0.15, 0.2) is 0 Å². The fourth-order valence-corrected chi connectivity index (χ4v) is 2.47. The number of amides is 2. The lowest BCUT2D eigenvalue weighted by Crippen LogP contribution is -2.52. The molecule has 0 aliphatic carbocycles. The molecule has 0 bridgehead atoms. The van der Waals surface area contributed by atoms with E-state index in [9.17, 15) is 14.7 Å². The number of benzene rings is 1. The van der Waals surface area contributed by atoms with E-state index in [1.807, 2.05) is 24.3 Å². The van der Waals surface area contributed by atoms with Gasteiger partial charge in [0.2, 0.25) is 0 Å². The number of ether oxygens (including phenoxy) is 1. The summed E-state index contributed by atoms with van der Waals surface area (Å²) in [6.45, 7) is 1.35. The maximum Gasteiger partial charge on any atom is 0.326 e. The number of nitrogens with one attached hydrogen (secondary N) is 1. The number of hydrogen-bond donors (Lipinski definition) is 2. The fraction of sp³-hybridized carbons (Fsp3) is 0.467. The highest BCUT2D eigenvalue weighted by Gasteiger charge is 2.34. The van der Waals surface area contributed by atoms with Crippen LogP contribution in [-0.4, -0.2) is 48.3 Å². The molecule has 1 heterocycles. The first kappa shape index (κ1) is 15.3. The highest BCUT2D eigenvalue weighted by Crippen LogP contribution is 2.23. The van der Waals surface area contributed by atoms with Crippen LogP contribution >= 0.6 is 0 Å². The topological polar surface area (TPSA) is 78.9 Å². The Balaban J connectivity index is 2.06. The lowest BCUT2D eigenvalue weighted by molar-refractivity contribution is -0.142. The Morgan fingerprint density at radius 1 is 1.38 bits per heavy atom. The van der Waals surface area contributed by atoms with Crippen molar-refractivity contribution < 1.29 is 19.4 Å². The van der Waals surface area contributed by atoms with Crippen molar-refractivity contribution in [3.8, 4) is 0 Å². The van der Waals surface area contributed by atoms with Crippen LogP contribution in [0.15, 0.2) is 24.3 Å². The lowest BCUT2D eigenvalue weighted by atomic mass is 9.94. The fourth-order valence-electron chi connectivity index (χ4n) is 2.47. The number of fused-ring (bicyclic) bond motifs is 1. The van der Waals surface area contributed by atoms with E-state index in [1.165, 1.54) is 4.90 Å². The number of hydrogen-bond acceptors (Lipinski definition) is 3. The first-order valence-electron chi connectivity index (χ1n) is 6.96. The van der Waals surface area contributed by atoms with Gasteiger partial charge in [-0.2, -0.15) is 0 Å². The molecule has 2 rings (SSSR count). The smallest absolute Gasteiger partial charge is 0.326 e. The largest absolute Gasteiger partial charge is 0.480 e. The quantitative estimate of drug-likeness (QED) is 0.800. The van der Waals surface area contributed by atoms with Gasteiger partial charge in [0, 0.05) is 33.2 Å². The number of methoxy groups -OCH3 is 1. The van der Waals surface area contributed by atoms with E-state index in [0.29, 0.717) is 32.5 Å². The molecule has 1 aromatic rings. The number of carboxylic acid groups (broad SMARTS) is 1. The summed E-state index contributed by atoms with van der Waals surface area (Å²) < 4.78 is 4.92. The molecule has 1 aliphatic heterocycles. The van der Waals surface area contributed by atoms with Crippen LogP contribution in [0.2, 0.25) is 0 Å². The third-order valence-electron chi connectivity index (χ3n) is 3.60. The molecule has 0 aromatic heterocycles. The molecule has 0 spiro atoms. The van der Waals surface area contributed by atoms with Gasteiger partial charge in [-0.15, -0.1) is 0 Å². The van der Waals surface area contributed by atoms with Gasteiger partial charge in [-0.3, -0.25) is 0 Å². The van der Waals surface area contributed by atoms with Gasteiger partial charge in [0.05, 0.1) is 0 Å². The number of carbonyl (C=O) groups is 2. The molecule has 1 aliphatic rings. The van der Waals surface area contributed by atoms with Gasteiger partial charge in [-0.1, -0.05) is 24.3 Å². The molecule has 6 nitrogen and oxygen atoms in total. The zero-order valence-corrected chi connectivity index (χ0v) is 12.0. The molecular formula is C15H20N2O4. The molecule has 114 valence electrons. The third kappa shape index (κ3) is 3.72. The molecule has 0 fully saturated rings. The minimum absolute atomic E-state index is 0.323. The van der Waals surface area contributed by atoms with Gasteiger partial charge in [0.25, 0.3) is 0 Å². The Kier molecular flexibility index (Phi) is 5.16. The Labute approximate surface area is 123 Å². The van der Waals surface area contributed by atoms with Crippen LogP contribution in [0.4, 0.5) is 4.79 Å². The van der Waals surface area contributed by atoms with Crippen molar-refractivity contribution in [2.75, 3.05) is 20.3 Å². The van der Waals surface area contributed by atoms with E-state index in [1.54, 1.807) is 7.11 Å². The van der Waals surface area contributed by atoms with Crippen LogP contribution in [0.5, 0.6) is 0 Å². The number of aliphatic carboxylic acids is 1. The predicted octanol–water partition coefficient (Wildman–Crippen LogP) is 1.24. The highest BCUT2D eigenvalue weighted by atomic mass is 16.5. The van der Waals surface area contributed by atoms with Crippen LogP contribution in [0.1, 0.15) is 17.5 Å². The Hall–Kier alpha value is -2.08. The molecular weight excluding hydrogens is 272 g/mol. The van der Waals surface area contributed by atoms with Gasteiger partial charge < -0.3 is 20.1 Å². The van der Waals surface area contributed by atoms with Crippen LogP contribution < -0.4 is 5.32 Å². The zero-order valence-electron chi connectivity index (χ0n) is 12.0. The number of urea groups is 1. The minimum Gasteiger partial charge on any atom is -0.480 e. The molecule has 0 saturated heterocycles. The average Bonchev–Trinajstić information content (AvgIpc) is 2.50. The first-order valence-corrected chi connectivity index (χ1v) is 6.96. The summed E-state index contributed by atoms with van der Waals surface area (Å²) in [4.78, 5) is 25.0. The van der Waals surface area contributed by atoms with E-state index in [4.69, 9.17) is 4.74 Å². The van der Waals surface area contributed by atoms with E-state index in [0.717, 1.165) is 11.1 Å². The monoisotopic (exact) mass is 292 g/mol. The lowest BCUT2D eigenvalue weighted by Gasteiger charge is -2.34. The predicted molar refractivity (Wildman–Crippen MR) is 77.0 cm³/mol. The maximum absolute atomic E-state index is 12.2. The molecule has 1 aromatic carbocycles. The molecule has 0 unspecified atom stereocenters. The van der Waals surface area contributed by atoms with Crippen LogP contribution in [0.3, 0.4) is 0 Å². The minimum atomic E-state index is -0.975. The Bertz CT molecular complexity index is 518. The van der Waals surface area contributed by atoms with Crippen molar-refractivity contribution in [1.29, 1.82) is 0 Å². The average molecular weight is 292 g/mol. The van der Waals surface area contributed by atoms with Crippen molar-refractivity contribution >= 4 is 12.0 Å². The summed E-state index contributed by atoms with van der Waals surface area (Å²) >= 11 is 0. The zero-order chi connectivity index (χ0) is 15.2. The summed E-state index contributed by atoms with van der Waals surface area (Å²) in [5.74, 6) is -0.975. The summed E-state index contributed by atoms with van der Waals surface area (Å²) in [7, 11) is 1.60. The van der Waals surface area contributed by atoms with Crippen molar-refractivity contribution in [3.63, 3.8) is 0 Å². The van der Waals surface area contributed by atoms with Gasteiger partial charge >= 0.3 is 12.0 Å². The van der Waals surface area contributed by atoms with Crippen molar-refractivity contribution in [2.24, 2.45) is 0 Å². The molecule has 6 heteroatoms. The van der Waals surface area contributed by atoms with E-state index in [2.05, 4.69) is 5.32 Å². The van der Waals surface area contributed by atoms with Crippen LogP contribution in [0, 0.1) is 0 Å². The number of rotatable bonds is 5. The summed E-state index contributed by atoms with van der Waals surface area (Å²) in [6.07, 6.45) is 1.04. The molecule has 0 saturated carbocycles. The standard InChI is InChI=1S/C15H20N2O4/c1-21-8-4-7-16-15(20)17-10-12-6-3-2-5-11(12)9-13(17)14(18)19/h2-3,5-6,13H,4,7-10H2,1H3,(H,16,20)(H,18,19)/t13-/m0/s1. The van der Waals surface area contributed by atoms with Crippen molar-refractivity contribution in [3.05, 3.63) is 35.4 Å². The van der Waals surface area contributed by atoms with E-state index < -0.39 is 12.0 Å². The maximum atomic E-state index is 12.2. The Morgan fingerprint density at radius 3 is 2.76 bits per heavy atom. The number of nitrogens with zero attached hydrogens (tertiary/aromatic N) is 1. The second-order valence-electron chi connectivity index (χ2n) is 5.03. The molecule has 0 radical (unpaired) electrons. The SMILES string of the molecule is COCCCNC(=O)N1Cc2ccccc2C[C@H]1C(=O)O. The molecule has 2 N–H and O–H groups in total. The number of carbonyl (C=O) groups excluding carboxylic acids is 1. The van der Waals surface area contributed by atoms with E-state index >= 15 is 0 Å². The second kappa shape index (κ2) is 7.08. The van der Waals surface area contributed by atoms with Gasteiger partial charge in [-0.25, -0.2) is 9.59 Å². The summed E-state index contributed by atoms with van der Waals surface area (Å²) in [5, 5.41) is 12.1. The summed E-state index contributed by atoms with van der Waals surface area (Å²) in [5.41, 5.74) is 2.00.